The van der Waals surface area contributed by atoms with Crippen LogP contribution < -0.4 is 10.1 Å². The molecular weight excluding hydrogens is 296 g/mol. The Kier molecular flexibility index (Phi) is 5.15. The molecule has 1 N–H and O–H groups in total. The van der Waals surface area contributed by atoms with E-state index in [-0.39, 0.29) is 23.5 Å². The number of ether oxygens (including phenoxy) is 1. The number of benzene rings is 2. The van der Waals surface area contributed by atoms with Crippen LogP contribution in [0.4, 0.5) is 8.78 Å². The first-order chi connectivity index (χ1) is 10.0. The molecule has 0 aromatic heterocycles. The Morgan fingerprint density at radius 1 is 1.14 bits per heavy atom. The van der Waals surface area contributed by atoms with Crippen molar-refractivity contribution in [1.82, 2.24) is 5.32 Å². The summed E-state index contributed by atoms with van der Waals surface area (Å²) in [5.41, 5.74) is 1.30. The largest absolute Gasteiger partial charge is 0.489 e. The van der Waals surface area contributed by atoms with Gasteiger partial charge in [-0.2, -0.15) is 0 Å². The van der Waals surface area contributed by atoms with E-state index in [4.69, 9.17) is 16.3 Å². The molecule has 0 amide bonds. The molecule has 0 aliphatic rings. The average Bonchev–Trinajstić information content (AvgIpc) is 2.48. The molecule has 2 aromatic rings. The maximum atomic E-state index is 13.9. The second-order valence-electron chi connectivity index (χ2n) is 4.73. The first kappa shape index (κ1) is 15.7. The van der Waals surface area contributed by atoms with Crippen molar-refractivity contribution in [2.45, 2.75) is 19.6 Å². The molecule has 0 radical (unpaired) electrons. The van der Waals surface area contributed by atoms with Crippen molar-refractivity contribution >= 4 is 11.6 Å². The zero-order chi connectivity index (χ0) is 15.4. The van der Waals surface area contributed by atoms with E-state index in [0.29, 0.717) is 11.3 Å². The lowest BCUT2D eigenvalue weighted by Crippen LogP contribution is -2.13. The first-order valence-electron chi connectivity index (χ1n) is 6.54. The normalized spacial score (nSPS) is 12.2. The number of rotatable bonds is 5. The Labute approximate surface area is 127 Å². The molecule has 2 aromatic carbocycles. The third kappa shape index (κ3) is 3.93. The molecule has 2 nitrogen and oxygen atoms in total. The van der Waals surface area contributed by atoms with Crippen LogP contribution in [0.3, 0.4) is 0 Å². The van der Waals surface area contributed by atoms with E-state index in [2.05, 4.69) is 5.32 Å². The summed E-state index contributed by atoms with van der Waals surface area (Å²) in [4.78, 5) is 0. The fourth-order valence-electron chi connectivity index (χ4n) is 1.90. The summed E-state index contributed by atoms with van der Waals surface area (Å²) in [5.74, 6) is -0.386. The van der Waals surface area contributed by atoms with Crippen molar-refractivity contribution < 1.29 is 13.5 Å². The zero-order valence-electron chi connectivity index (χ0n) is 11.8. The molecule has 2 rings (SSSR count). The molecule has 0 heterocycles. The van der Waals surface area contributed by atoms with Gasteiger partial charge in [0.15, 0.2) is 0 Å². The van der Waals surface area contributed by atoms with E-state index in [1.165, 1.54) is 18.2 Å². The lowest BCUT2D eigenvalue weighted by atomic mass is 10.1. The lowest BCUT2D eigenvalue weighted by molar-refractivity contribution is 0.304. The summed E-state index contributed by atoms with van der Waals surface area (Å²) in [5, 5.41) is 3.02. The van der Waals surface area contributed by atoms with E-state index < -0.39 is 5.82 Å². The van der Waals surface area contributed by atoms with Gasteiger partial charge in [-0.1, -0.05) is 23.7 Å². The minimum atomic E-state index is -0.475. The van der Waals surface area contributed by atoms with Gasteiger partial charge in [-0.3, -0.25) is 0 Å². The highest BCUT2D eigenvalue weighted by Crippen LogP contribution is 2.23. The van der Waals surface area contributed by atoms with Crippen molar-refractivity contribution in [2.75, 3.05) is 7.05 Å². The summed E-state index contributed by atoms with van der Waals surface area (Å²) in [6, 6.07) is 9.00. The SMILES string of the molecule is CNC(C)c1ccc(OCc2ccc(F)c(Cl)c2)cc1F. The summed E-state index contributed by atoms with van der Waals surface area (Å²) in [6.45, 7) is 2.07. The van der Waals surface area contributed by atoms with Gasteiger partial charge < -0.3 is 10.1 Å². The van der Waals surface area contributed by atoms with Gasteiger partial charge in [0.2, 0.25) is 0 Å². The van der Waals surface area contributed by atoms with Crippen LogP contribution in [-0.4, -0.2) is 7.05 Å². The van der Waals surface area contributed by atoms with E-state index in [1.807, 2.05) is 6.92 Å². The van der Waals surface area contributed by atoms with Gasteiger partial charge in [0.25, 0.3) is 0 Å². The van der Waals surface area contributed by atoms with Gasteiger partial charge >= 0.3 is 0 Å². The minimum absolute atomic E-state index is 0.0421. The molecule has 0 aliphatic heterocycles. The van der Waals surface area contributed by atoms with Crippen LogP contribution in [0.1, 0.15) is 24.1 Å². The summed E-state index contributed by atoms with van der Waals surface area (Å²) >= 11 is 5.69. The quantitative estimate of drug-likeness (QED) is 0.879. The van der Waals surface area contributed by atoms with Crippen molar-refractivity contribution in [1.29, 1.82) is 0 Å². The number of hydrogen-bond donors (Lipinski definition) is 1. The van der Waals surface area contributed by atoms with Crippen molar-refractivity contribution in [3.05, 3.63) is 64.2 Å². The van der Waals surface area contributed by atoms with E-state index in [9.17, 15) is 8.78 Å². The number of halogens is 3. The van der Waals surface area contributed by atoms with Crippen LogP contribution in [-0.2, 0) is 6.61 Å². The van der Waals surface area contributed by atoms with Crippen LogP contribution in [0.15, 0.2) is 36.4 Å². The van der Waals surface area contributed by atoms with Gasteiger partial charge in [-0.25, -0.2) is 8.78 Å². The molecule has 5 heteroatoms. The molecule has 0 bridgehead atoms. The first-order valence-corrected chi connectivity index (χ1v) is 6.92. The maximum Gasteiger partial charge on any atom is 0.141 e. The Morgan fingerprint density at radius 3 is 2.52 bits per heavy atom. The van der Waals surface area contributed by atoms with Crippen molar-refractivity contribution in [3.8, 4) is 5.75 Å². The van der Waals surface area contributed by atoms with Crippen LogP contribution in [0, 0.1) is 11.6 Å². The Hall–Kier alpha value is -1.65. The molecule has 21 heavy (non-hydrogen) atoms. The van der Waals surface area contributed by atoms with Gasteiger partial charge in [0, 0.05) is 17.7 Å². The Balaban J connectivity index is 2.06. The number of hydrogen-bond acceptors (Lipinski definition) is 2. The molecule has 1 unspecified atom stereocenters. The predicted molar refractivity (Wildman–Crippen MR) is 79.6 cm³/mol. The van der Waals surface area contributed by atoms with Gasteiger partial charge in [-0.15, -0.1) is 0 Å². The van der Waals surface area contributed by atoms with Gasteiger partial charge in [0.05, 0.1) is 5.02 Å². The smallest absolute Gasteiger partial charge is 0.141 e. The maximum absolute atomic E-state index is 13.9. The second-order valence-corrected chi connectivity index (χ2v) is 5.14. The van der Waals surface area contributed by atoms with Crippen LogP contribution in [0.2, 0.25) is 5.02 Å². The molecule has 0 spiro atoms. The molecular formula is C16H16ClF2NO. The zero-order valence-corrected chi connectivity index (χ0v) is 12.5. The molecule has 0 aliphatic carbocycles. The molecule has 0 saturated heterocycles. The highest BCUT2D eigenvalue weighted by atomic mass is 35.5. The summed E-state index contributed by atoms with van der Waals surface area (Å²) in [6.07, 6.45) is 0. The fraction of sp³-hybridized carbons (Fsp3) is 0.250. The molecule has 112 valence electrons. The molecule has 1 atom stereocenters. The standard InChI is InChI=1S/C16H16ClF2NO/c1-10(20-2)13-5-4-12(8-16(13)19)21-9-11-3-6-15(18)14(17)7-11/h3-8,10,20H,9H2,1-2H3. The van der Waals surface area contributed by atoms with E-state index >= 15 is 0 Å². The third-order valence-electron chi connectivity index (χ3n) is 3.26. The van der Waals surface area contributed by atoms with Gasteiger partial charge in [-0.05, 0) is 37.7 Å². The highest BCUT2D eigenvalue weighted by Gasteiger charge is 2.10. The second kappa shape index (κ2) is 6.87. The third-order valence-corrected chi connectivity index (χ3v) is 3.55. The van der Waals surface area contributed by atoms with E-state index in [0.717, 1.165) is 5.56 Å². The average molecular weight is 312 g/mol. The topological polar surface area (TPSA) is 21.3 Å². The Morgan fingerprint density at radius 2 is 1.90 bits per heavy atom. The molecule has 0 saturated carbocycles. The monoisotopic (exact) mass is 311 g/mol. The van der Waals surface area contributed by atoms with Crippen molar-refractivity contribution in [2.24, 2.45) is 0 Å². The summed E-state index contributed by atoms with van der Waals surface area (Å²) < 4.78 is 32.5. The summed E-state index contributed by atoms with van der Waals surface area (Å²) in [7, 11) is 1.77. The highest BCUT2D eigenvalue weighted by molar-refractivity contribution is 6.30. The van der Waals surface area contributed by atoms with E-state index in [1.54, 1.807) is 25.2 Å². The van der Waals surface area contributed by atoms with Gasteiger partial charge in [0.1, 0.15) is 24.0 Å². The van der Waals surface area contributed by atoms with Crippen LogP contribution in [0.5, 0.6) is 5.75 Å². The van der Waals surface area contributed by atoms with Crippen molar-refractivity contribution in [3.63, 3.8) is 0 Å². The Bertz CT molecular complexity index is 634. The number of nitrogens with one attached hydrogen (secondary N) is 1. The van der Waals surface area contributed by atoms with Crippen LogP contribution >= 0.6 is 11.6 Å². The fourth-order valence-corrected chi connectivity index (χ4v) is 2.10. The predicted octanol–water partition coefficient (Wildman–Crippen LogP) is 4.48. The minimum Gasteiger partial charge on any atom is -0.489 e. The molecule has 0 fully saturated rings. The van der Waals surface area contributed by atoms with Crippen LogP contribution in [0.25, 0.3) is 0 Å². The lowest BCUT2D eigenvalue weighted by Gasteiger charge is -2.13.